The van der Waals surface area contributed by atoms with Crippen molar-refractivity contribution in [2.75, 3.05) is 6.54 Å². The number of imidazole rings is 1. The SMILES string of the molecule is Cc1nc(C=CCCNC(=O)OC(C)(C)C)c([N+](=O)[O-])[nH]1. The maximum Gasteiger partial charge on any atom is 0.407 e. The number of hydrogen-bond donors (Lipinski definition) is 2. The van der Waals surface area contributed by atoms with Gasteiger partial charge in [-0.3, -0.25) is 0 Å². The molecule has 116 valence electrons. The van der Waals surface area contributed by atoms with Gasteiger partial charge in [-0.25, -0.2) is 14.8 Å². The van der Waals surface area contributed by atoms with E-state index in [-0.39, 0.29) is 11.5 Å². The standard InChI is InChI=1S/C13H20N4O4/c1-9-15-10(11(16-9)17(19)20)7-5-6-8-14-12(18)21-13(2,3)4/h5,7H,6,8H2,1-4H3,(H,14,18)(H,15,16). The van der Waals surface area contributed by atoms with E-state index in [1.54, 1.807) is 39.8 Å². The number of carbonyl (C=O) groups is 1. The Balaban J connectivity index is 2.43. The summed E-state index contributed by atoms with van der Waals surface area (Å²) in [6, 6.07) is 0. The van der Waals surface area contributed by atoms with Crippen molar-refractivity contribution in [3.63, 3.8) is 0 Å². The van der Waals surface area contributed by atoms with E-state index in [1.807, 2.05) is 0 Å². The molecule has 1 rings (SSSR count). The molecule has 0 radical (unpaired) electrons. The lowest BCUT2D eigenvalue weighted by molar-refractivity contribution is -0.389. The first-order chi connectivity index (χ1) is 9.69. The van der Waals surface area contributed by atoms with Gasteiger partial charge >= 0.3 is 11.9 Å². The molecule has 0 unspecified atom stereocenters. The molecule has 0 aromatic carbocycles. The van der Waals surface area contributed by atoms with Crippen LogP contribution in [-0.4, -0.2) is 33.1 Å². The van der Waals surface area contributed by atoms with E-state index in [9.17, 15) is 14.9 Å². The van der Waals surface area contributed by atoms with Crippen LogP contribution in [0.2, 0.25) is 0 Å². The van der Waals surface area contributed by atoms with Crippen molar-refractivity contribution in [1.82, 2.24) is 15.3 Å². The Morgan fingerprint density at radius 2 is 2.19 bits per heavy atom. The molecule has 8 nitrogen and oxygen atoms in total. The van der Waals surface area contributed by atoms with Gasteiger partial charge in [0.25, 0.3) is 0 Å². The van der Waals surface area contributed by atoms with Crippen LogP contribution in [0.4, 0.5) is 10.6 Å². The van der Waals surface area contributed by atoms with E-state index >= 15 is 0 Å². The maximum absolute atomic E-state index is 11.4. The van der Waals surface area contributed by atoms with E-state index in [4.69, 9.17) is 4.74 Å². The summed E-state index contributed by atoms with van der Waals surface area (Å²) in [7, 11) is 0. The topological polar surface area (TPSA) is 110 Å². The summed E-state index contributed by atoms with van der Waals surface area (Å²) in [5.74, 6) is 0.345. The molecule has 2 N–H and O–H groups in total. The number of amides is 1. The quantitative estimate of drug-likeness (QED) is 0.493. The number of nitrogens with one attached hydrogen (secondary N) is 2. The first-order valence-electron chi connectivity index (χ1n) is 6.53. The lowest BCUT2D eigenvalue weighted by Gasteiger charge is -2.19. The molecule has 1 aromatic heterocycles. The van der Waals surface area contributed by atoms with Crippen molar-refractivity contribution in [1.29, 1.82) is 0 Å². The minimum Gasteiger partial charge on any atom is -0.444 e. The number of aryl methyl sites for hydroxylation is 1. The highest BCUT2D eigenvalue weighted by atomic mass is 16.6. The van der Waals surface area contributed by atoms with E-state index < -0.39 is 16.6 Å². The normalized spacial score (nSPS) is 11.6. The summed E-state index contributed by atoms with van der Waals surface area (Å²) < 4.78 is 5.08. The predicted octanol–water partition coefficient (Wildman–Crippen LogP) is 2.55. The second kappa shape index (κ2) is 6.87. The third-order valence-electron chi connectivity index (χ3n) is 2.27. The summed E-state index contributed by atoms with van der Waals surface area (Å²) in [5, 5.41) is 13.4. The Kier molecular flexibility index (Phi) is 5.45. The van der Waals surface area contributed by atoms with Crippen molar-refractivity contribution in [3.8, 4) is 0 Å². The summed E-state index contributed by atoms with van der Waals surface area (Å²) in [6.45, 7) is 7.37. The molecule has 0 fully saturated rings. The summed E-state index contributed by atoms with van der Waals surface area (Å²) in [6.07, 6.45) is 3.29. The van der Waals surface area contributed by atoms with Gasteiger partial charge in [-0.15, -0.1) is 0 Å². The number of alkyl carbamates (subject to hydrolysis) is 1. The molecule has 1 amide bonds. The van der Waals surface area contributed by atoms with Crippen LogP contribution < -0.4 is 5.32 Å². The Morgan fingerprint density at radius 3 is 2.76 bits per heavy atom. The Labute approximate surface area is 122 Å². The lowest BCUT2D eigenvalue weighted by atomic mass is 10.2. The van der Waals surface area contributed by atoms with E-state index in [2.05, 4.69) is 15.3 Å². The second-order valence-electron chi connectivity index (χ2n) is 5.43. The summed E-state index contributed by atoms with van der Waals surface area (Å²) in [5.41, 5.74) is -0.262. The molecule has 21 heavy (non-hydrogen) atoms. The van der Waals surface area contributed by atoms with Crippen LogP contribution in [0.25, 0.3) is 6.08 Å². The smallest absolute Gasteiger partial charge is 0.407 e. The molecule has 0 atom stereocenters. The average Bonchev–Trinajstić information content (AvgIpc) is 2.68. The van der Waals surface area contributed by atoms with Gasteiger partial charge in [0.05, 0.1) is 0 Å². The van der Waals surface area contributed by atoms with Crippen molar-refractivity contribution >= 4 is 18.0 Å². The number of H-pyrrole nitrogens is 1. The highest BCUT2D eigenvalue weighted by Gasteiger charge is 2.16. The molecule has 0 aliphatic carbocycles. The number of nitro groups is 1. The van der Waals surface area contributed by atoms with Gasteiger partial charge in [-0.05, 0) is 38.2 Å². The zero-order chi connectivity index (χ0) is 16.0. The Morgan fingerprint density at radius 1 is 1.52 bits per heavy atom. The van der Waals surface area contributed by atoms with Gasteiger partial charge in [0, 0.05) is 13.5 Å². The van der Waals surface area contributed by atoms with Crippen molar-refractivity contribution < 1.29 is 14.5 Å². The molecule has 8 heteroatoms. The summed E-state index contributed by atoms with van der Waals surface area (Å²) >= 11 is 0. The molecular formula is C13H20N4O4. The average molecular weight is 296 g/mol. The van der Waals surface area contributed by atoms with Gasteiger partial charge in [-0.1, -0.05) is 6.08 Å². The summed E-state index contributed by atoms with van der Waals surface area (Å²) in [4.78, 5) is 28.2. The zero-order valence-electron chi connectivity index (χ0n) is 12.6. The molecule has 1 aromatic rings. The number of carbonyl (C=O) groups excluding carboxylic acids is 1. The van der Waals surface area contributed by atoms with Crippen LogP contribution in [-0.2, 0) is 4.74 Å². The zero-order valence-corrected chi connectivity index (χ0v) is 12.6. The van der Waals surface area contributed by atoms with Crippen molar-refractivity contribution in [2.24, 2.45) is 0 Å². The Bertz CT molecular complexity index is 543. The van der Waals surface area contributed by atoms with Crippen LogP contribution in [0.3, 0.4) is 0 Å². The van der Waals surface area contributed by atoms with Crippen molar-refractivity contribution in [3.05, 3.63) is 27.7 Å². The van der Waals surface area contributed by atoms with Crippen LogP contribution in [0, 0.1) is 17.0 Å². The fourth-order valence-corrected chi connectivity index (χ4v) is 1.52. The molecule has 0 saturated carbocycles. The molecule has 0 bridgehead atoms. The minimum absolute atomic E-state index is 0.135. The van der Waals surface area contributed by atoms with E-state index in [1.165, 1.54) is 0 Å². The third kappa shape index (κ3) is 6.07. The molecule has 0 aliphatic heterocycles. The number of hydrogen-bond acceptors (Lipinski definition) is 5. The molecule has 0 aliphatic rings. The van der Waals surface area contributed by atoms with Gasteiger partial charge in [0.1, 0.15) is 5.60 Å². The fraction of sp³-hybridized carbons (Fsp3) is 0.538. The Hall–Kier alpha value is -2.38. The maximum atomic E-state index is 11.4. The highest BCUT2D eigenvalue weighted by Crippen LogP contribution is 2.16. The largest absolute Gasteiger partial charge is 0.444 e. The van der Waals surface area contributed by atoms with Gasteiger partial charge < -0.3 is 20.2 Å². The highest BCUT2D eigenvalue weighted by molar-refractivity contribution is 5.67. The predicted molar refractivity (Wildman–Crippen MR) is 77.9 cm³/mol. The lowest BCUT2D eigenvalue weighted by Crippen LogP contribution is -2.32. The number of nitrogens with zero attached hydrogens (tertiary/aromatic N) is 2. The van der Waals surface area contributed by atoms with Crippen LogP contribution >= 0.6 is 0 Å². The van der Waals surface area contributed by atoms with Gasteiger partial charge in [0.15, 0.2) is 11.5 Å². The third-order valence-corrected chi connectivity index (χ3v) is 2.27. The second-order valence-corrected chi connectivity index (χ2v) is 5.43. The fourth-order valence-electron chi connectivity index (χ4n) is 1.52. The number of rotatable bonds is 5. The van der Waals surface area contributed by atoms with E-state index in [0.717, 1.165) is 0 Å². The first kappa shape index (κ1) is 16.7. The molecule has 0 saturated heterocycles. The van der Waals surface area contributed by atoms with Crippen LogP contribution in [0.5, 0.6) is 0 Å². The number of aromatic nitrogens is 2. The monoisotopic (exact) mass is 296 g/mol. The van der Waals surface area contributed by atoms with Gasteiger partial charge in [-0.2, -0.15) is 0 Å². The molecular weight excluding hydrogens is 276 g/mol. The molecule has 0 spiro atoms. The van der Waals surface area contributed by atoms with Gasteiger partial charge in [0.2, 0.25) is 0 Å². The minimum atomic E-state index is -0.535. The number of aromatic amines is 1. The first-order valence-corrected chi connectivity index (χ1v) is 6.53. The number of ether oxygens (including phenoxy) is 1. The van der Waals surface area contributed by atoms with Crippen LogP contribution in [0.1, 0.15) is 38.7 Å². The van der Waals surface area contributed by atoms with E-state index in [0.29, 0.717) is 18.8 Å². The van der Waals surface area contributed by atoms with Crippen molar-refractivity contribution in [2.45, 2.75) is 39.7 Å². The molecule has 1 heterocycles. The van der Waals surface area contributed by atoms with Crippen LogP contribution in [0.15, 0.2) is 6.08 Å².